The smallest absolute Gasteiger partial charge is 0.176 e. The van der Waals surface area contributed by atoms with E-state index in [-0.39, 0.29) is 12.4 Å². The fourth-order valence-corrected chi connectivity index (χ4v) is 2.18. The van der Waals surface area contributed by atoms with Gasteiger partial charge in [0.1, 0.15) is 11.2 Å². The Hall–Kier alpha value is -1.39. The average Bonchev–Trinajstić information content (AvgIpc) is 2.30. The SMILES string of the molecule is COc1cc(C)c(C(=O)C2(CO)COC2)cc1C. The fourth-order valence-electron chi connectivity index (χ4n) is 2.18. The lowest BCUT2D eigenvalue weighted by molar-refractivity contribution is -0.109. The van der Waals surface area contributed by atoms with Crippen molar-refractivity contribution in [3.8, 4) is 5.75 Å². The van der Waals surface area contributed by atoms with Crippen molar-refractivity contribution in [2.45, 2.75) is 13.8 Å². The number of rotatable bonds is 4. The minimum absolute atomic E-state index is 0.0421. The van der Waals surface area contributed by atoms with Crippen LogP contribution in [-0.4, -0.2) is 37.8 Å². The Morgan fingerprint density at radius 3 is 2.50 bits per heavy atom. The van der Waals surface area contributed by atoms with Gasteiger partial charge in [0, 0.05) is 5.56 Å². The van der Waals surface area contributed by atoms with Crippen LogP contribution >= 0.6 is 0 Å². The van der Waals surface area contributed by atoms with Crippen LogP contribution in [0.2, 0.25) is 0 Å². The highest BCUT2D eigenvalue weighted by molar-refractivity contribution is 6.02. The van der Waals surface area contributed by atoms with Gasteiger partial charge in [-0.05, 0) is 37.1 Å². The van der Waals surface area contributed by atoms with Gasteiger partial charge in [-0.15, -0.1) is 0 Å². The summed E-state index contributed by atoms with van der Waals surface area (Å²) in [7, 11) is 1.61. The predicted octanol–water partition coefficient (Wildman–Crippen LogP) is 1.50. The third-order valence-corrected chi connectivity index (χ3v) is 3.53. The quantitative estimate of drug-likeness (QED) is 0.823. The number of ether oxygens (including phenoxy) is 2. The summed E-state index contributed by atoms with van der Waals surface area (Å²) < 4.78 is 10.3. The van der Waals surface area contributed by atoms with Crippen molar-refractivity contribution in [3.63, 3.8) is 0 Å². The Balaban J connectivity index is 2.39. The van der Waals surface area contributed by atoms with Crippen LogP contribution in [0.3, 0.4) is 0 Å². The van der Waals surface area contributed by atoms with Crippen molar-refractivity contribution >= 4 is 5.78 Å². The van der Waals surface area contributed by atoms with E-state index in [1.807, 2.05) is 26.0 Å². The van der Waals surface area contributed by atoms with Gasteiger partial charge in [0.15, 0.2) is 5.78 Å². The fraction of sp³-hybridized carbons (Fsp3) is 0.500. The van der Waals surface area contributed by atoms with Crippen LogP contribution in [0.4, 0.5) is 0 Å². The average molecular weight is 250 g/mol. The van der Waals surface area contributed by atoms with Gasteiger partial charge in [-0.25, -0.2) is 0 Å². The van der Waals surface area contributed by atoms with Crippen molar-refractivity contribution in [2.24, 2.45) is 5.41 Å². The van der Waals surface area contributed by atoms with E-state index >= 15 is 0 Å². The molecule has 0 unspecified atom stereocenters. The van der Waals surface area contributed by atoms with Crippen molar-refractivity contribution in [1.82, 2.24) is 0 Å². The number of aryl methyl sites for hydroxylation is 2. The molecule has 1 heterocycles. The molecule has 1 aromatic carbocycles. The van der Waals surface area contributed by atoms with Crippen molar-refractivity contribution in [2.75, 3.05) is 26.9 Å². The van der Waals surface area contributed by atoms with E-state index in [1.165, 1.54) is 0 Å². The molecule has 0 saturated carbocycles. The number of methoxy groups -OCH3 is 1. The largest absolute Gasteiger partial charge is 0.496 e. The first-order valence-electron chi connectivity index (χ1n) is 5.93. The van der Waals surface area contributed by atoms with E-state index in [2.05, 4.69) is 0 Å². The lowest BCUT2D eigenvalue weighted by Gasteiger charge is -2.38. The molecule has 4 heteroatoms. The molecular weight excluding hydrogens is 232 g/mol. The summed E-state index contributed by atoms with van der Waals surface area (Å²) in [6.07, 6.45) is 0. The Morgan fingerprint density at radius 2 is 2.06 bits per heavy atom. The van der Waals surface area contributed by atoms with Crippen molar-refractivity contribution in [1.29, 1.82) is 0 Å². The molecule has 18 heavy (non-hydrogen) atoms. The molecule has 1 fully saturated rings. The number of ketones is 1. The first-order valence-corrected chi connectivity index (χ1v) is 5.93. The van der Waals surface area contributed by atoms with Crippen LogP contribution in [-0.2, 0) is 4.74 Å². The summed E-state index contributed by atoms with van der Waals surface area (Å²) in [6.45, 7) is 4.20. The maximum atomic E-state index is 12.5. The molecule has 1 saturated heterocycles. The molecule has 0 spiro atoms. The molecule has 0 amide bonds. The van der Waals surface area contributed by atoms with E-state index in [0.29, 0.717) is 18.8 Å². The third kappa shape index (κ3) is 1.91. The van der Waals surface area contributed by atoms with Gasteiger partial charge in [-0.1, -0.05) is 0 Å². The number of Topliss-reactive ketones (excluding diaryl/α,β-unsaturated/α-hetero) is 1. The van der Waals surface area contributed by atoms with E-state index in [0.717, 1.165) is 16.9 Å². The molecule has 0 aromatic heterocycles. The summed E-state index contributed by atoms with van der Waals surface area (Å²) >= 11 is 0. The van der Waals surface area contributed by atoms with E-state index in [1.54, 1.807) is 7.11 Å². The van der Waals surface area contributed by atoms with Gasteiger partial charge in [0.05, 0.1) is 26.9 Å². The lowest BCUT2D eigenvalue weighted by Crippen LogP contribution is -2.52. The number of aliphatic hydroxyl groups is 1. The van der Waals surface area contributed by atoms with E-state index < -0.39 is 5.41 Å². The van der Waals surface area contributed by atoms with Gasteiger partial charge in [0.25, 0.3) is 0 Å². The highest BCUT2D eigenvalue weighted by Gasteiger charge is 2.46. The molecule has 4 nitrogen and oxygen atoms in total. The normalized spacial score (nSPS) is 17.1. The summed E-state index contributed by atoms with van der Waals surface area (Å²) in [5, 5.41) is 9.40. The van der Waals surface area contributed by atoms with E-state index in [9.17, 15) is 9.90 Å². The highest BCUT2D eigenvalue weighted by Crippen LogP contribution is 2.33. The zero-order chi connectivity index (χ0) is 13.3. The van der Waals surface area contributed by atoms with Crippen LogP contribution in [0, 0.1) is 19.3 Å². The monoisotopic (exact) mass is 250 g/mol. The molecule has 0 bridgehead atoms. The lowest BCUT2D eigenvalue weighted by atomic mass is 9.78. The van der Waals surface area contributed by atoms with Crippen LogP contribution in [0.15, 0.2) is 12.1 Å². The van der Waals surface area contributed by atoms with Crippen LogP contribution in [0.1, 0.15) is 21.5 Å². The summed E-state index contributed by atoms with van der Waals surface area (Å²) in [6, 6.07) is 3.68. The topological polar surface area (TPSA) is 55.8 Å². The molecule has 1 N–H and O–H groups in total. The molecule has 1 aliphatic rings. The van der Waals surface area contributed by atoms with Crippen LogP contribution in [0.5, 0.6) is 5.75 Å². The molecule has 2 rings (SSSR count). The van der Waals surface area contributed by atoms with Crippen LogP contribution < -0.4 is 4.74 Å². The maximum Gasteiger partial charge on any atom is 0.176 e. The number of benzene rings is 1. The van der Waals surface area contributed by atoms with Gasteiger partial charge < -0.3 is 14.6 Å². The Bertz CT molecular complexity index is 469. The molecule has 1 aliphatic heterocycles. The Kier molecular flexibility index (Phi) is 3.41. The van der Waals surface area contributed by atoms with Gasteiger partial charge in [0.2, 0.25) is 0 Å². The van der Waals surface area contributed by atoms with Gasteiger partial charge >= 0.3 is 0 Å². The molecule has 0 radical (unpaired) electrons. The van der Waals surface area contributed by atoms with E-state index in [4.69, 9.17) is 9.47 Å². The zero-order valence-corrected chi connectivity index (χ0v) is 10.9. The second-order valence-electron chi connectivity index (χ2n) is 4.90. The Morgan fingerprint density at radius 1 is 1.39 bits per heavy atom. The predicted molar refractivity (Wildman–Crippen MR) is 67.1 cm³/mol. The minimum atomic E-state index is -0.744. The summed E-state index contributed by atoms with van der Waals surface area (Å²) in [5.41, 5.74) is 1.68. The van der Waals surface area contributed by atoms with Crippen molar-refractivity contribution in [3.05, 3.63) is 28.8 Å². The number of hydrogen-bond donors (Lipinski definition) is 1. The van der Waals surface area contributed by atoms with Crippen molar-refractivity contribution < 1.29 is 19.4 Å². The molecule has 1 aromatic rings. The number of aliphatic hydroxyl groups excluding tert-OH is 1. The number of carbonyl (C=O) groups is 1. The Labute approximate surface area is 107 Å². The number of hydrogen-bond acceptors (Lipinski definition) is 4. The molecule has 0 atom stereocenters. The standard InChI is InChI=1S/C14H18O4/c1-9-5-12(17-3)10(2)4-11(9)13(16)14(6-15)7-18-8-14/h4-5,15H,6-8H2,1-3H3. The van der Waals surface area contributed by atoms with Gasteiger partial charge in [-0.3, -0.25) is 4.79 Å². The third-order valence-electron chi connectivity index (χ3n) is 3.53. The summed E-state index contributed by atoms with van der Waals surface area (Å²) in [4.78, 5) is 12.5. The minimum Gasteiger partial charge on any atom is -0.496 e. The second kappa shape index (κ2) is 4.71. The van der Waals surface area contributed by atoms with Crippen LogP contribution in [0.25, 0.3) is 0 Å². The second-order valence-corrected chi connectivity index (χ2v) is 4.90. The van der Waals surface area contributed by atoms with Gasteiger partial charge in [-0.2, -0.15) is 0 Å². The molecular formula is C14H18O4. The first-order chi connectivity index (χ1) is 8.54. The molecule has 0 aliphatic carbocycles. The number of carbonyl (C=O) groups excluding carboxylic acids is 1. The summed E-state index contributed by atoms with van der Waals surface area (Å²) in [5.74, 6) is 0.728. The molecule has 98 valence electrons. The highest BCUT2D eigenvalue weighted by atomic mass is 16.5. The first kappa shape index (κ1) is 13.1. The zero-order valence-electron chi connectivity index (χ0n) is 10.9. The maximum absolute atomic E-state index is 12.5.